The molecular weight excluding hydrogens is 116 g/mol. The zero-order chi connectivity index (χ0) is 6.85. The smallest absolute Gasteiger partial charge is 0.306 e. The summed E-state index contributed by atoms with van der Waals surface area (Å²) in [4.78, 5) is 10.3. The van der Waals surface area contributed by atoms with E-state index in [-0.39, 0.29) is 6.10 Å². The van der Waals surface area contributed by atoms with Crippen molar-refractivity contribution in [1.29, 1.82) is 0 Å². The molecule has 1 saturated carbocycles. The molecule has 1 radical (unpaired) electrons. The Morgan fingerprint density at radius 1 is 1.78 bits per heavy atom. The Balaban J connectivity index is 2.17. The molecule has 0 heterocycles. The van der Waals surface area contributed by atoms with Crippen LogP contribution in [0.25, 0.3) is 0 Å². The van der Waals surface area contributed by atoms with Crippen molar-refractivity contribution in [1.82, 2.24) is 0 Å². The zero-order valence-electron chi connectivity index (χ0n) is 5.59. The number of carbonyl (C=O) groups excluding carboxylic acids is 1. The first-order valence-corrected chi connectivity index (χ1v) is 3.22. The minimum Gasteiger partial charge on any atom is -0.462 e. The highest BCUT2D eigenvalue weighted by atomic mass is 16.5. The van der Waals surface area contributed by atoms with Crippen LogP contribution in [0.3, 0.4) is 0 Å². The van der Waals surface area contributed by atoms with Crippen LogP contribution >= 0.6 is 0 Å². The molecule has 0 bridgehead atoms. The highest BCUT2D eigenvalue weighted by molar-refractivity contribution is 5.73. The quantitative estimate of drug-likeness (QED) is 0.520. The molecule has 1 atom stereocenters. The maximum Gasteiger partial charge on any atom is 0.306 e. The number of carbonyl (C=O) groups is 1. The van der Waals surface area contributed by atoms with Gasteiger partial charge in [0.05, 0.1) is 6.92 Å². The molecule has 0 spiro atoms. The predicted molar refractivity (Wildman–Crippen MR) is 33.6 cm³/mol. The molecule has 0 saturated heterocycles. The van der Waals surface area contributed by atoms with Gasteiger partial charge in [-0.1, -0.05) is 0 Å². The van der Waals surface area contributed by atoms with Gasteiger partial charge in [0.15, 0.2) is 0 Å². The van der Waals surface area contributed by atoms with E-state index in [1.165, 1.54) is 12.8 Å². The van der Waals surface area contributed by atoms with E-state index in [1.807, 2.05) is 6.92 Å². The third-order valence-corrected chi connectivity index (χ3v) is 1.60. The standard InChI is InChI=1S/C7H11O2/c1-5(7-3-4-7)9-6(2)8/h5,7H,2-4H2,1H3. The van der Waals surface area contributed by atoms with Crippen LogP contribution in [0.15, 0.2) is 0 Å². The van der Waals surface area contributed by atoms with E-state index in [1.54, 1.807) is 0 Å². The topological polar surface area (TPSA) is 26.3 Å². The third kappa shape index (κ3) is 2.04. The predicted octanol–water partition coefficient (Wildman–Crippen LogP) is 1.16. The summed E-state index contributed by atoms with van der Waals surface area (Å²) in [6.07, 6.45) is 2.50. The largest absolute Gasteiger partial charge is 0.462 e. The third-order valence-electron chi connectivity index (χ3n) is 1.60. The van der Waals surface area contributed by atoms with Gasteiger partial charge in [0.25, 0.3) is 0 Å². The summed E-state index contributed by atoms with van der Waals surface area (Å²) in [5, 5.41) is 0. The van der Waals surface area contributed by atoms with Crippen LogP contribution in [0, 0.1) is 12.8 Å². The van der Waals surface area contributed by atoms with Gasteiger partial charge >= 0.3 is 5.97 Å². The Kier molecular flexibility index (Phi) is 1.74. The Morgan fingerprint density at radius 2 is 2.33 bits per heavy atom. The van der Waals surface area contributed by atoms with E-state index in [0.717, 1.165) is 0 Å². The second-order valence-electron chi connectivity index (χ2n) is 2.53. The molecule has 1 fully saturated rings. The normalized spacial score (nSPS) is 21.1. The fourth-order valence-electron chi connectivity index (χ4n) is 0.869. The van der Waals surface area contributed by atoms with Crippen molar-refractivity contribution in [2.45, 2.75) is 25.9 Å². The lowest BCUT2D eigenvalue weighted by Gasteiger charge is -2.08. The first-order chi connectivity index (χ1) is 4.20. The molecule has 9 heavy (non-hydrogen) atoms. The van der Waals surface area contributed by atoms with Gasteiger partial charge in [0, 0.05) is 0 Å². The van der Waals surface area contributed by atoms with Crippen molar-refractivity contribution in [3.63, 3.8) is 0 Å². The molecule has 1 unspecified atom stereocenters. The second kappa shape index (κ2) is 2.38. The Hall–Kier alpha value is -0.530. The van der Waals surface area contributed by atoms with Gasteiger partial charge in [-0.2, -0.15) is 0 Å². The van der Waals surface area contributed by atoms with Crippen LogP contribution in [-0.2, 0) is 9.53 Å². The van der Waals surface area contributed by atoms with Gasteiger partial charge in [-0.25, -0.2) is 0 Å². The zero-order valence-corrected chi connectivity index (χ0v) is 5.59. The number of esters is 1. The highest BCUT2D eigenvalue weighted by Crippen LogP contribution is 2.33. The summed E-state index contributed by atoms with van der Waals surface area (Å²) in [7, 11) is 0. The summed E-state index contributed by atoms with van der Waals surface area (Å²) in [6, 6.07) is 0. The van der Waals surface area contributed by atoms with Crippen LogP contribution in [-0.4, -0.2) is 12.1 Å². The molecule has 0 aliphatic heterocycles. The lowest BCUT2D eigenvalue weighted by atomic mass is 10.3. The Labute approximate surface area is 55.2 Å². The van der Waals surface area contributed by atoms with Crippen molar-refractivity contribution in [3.8, 4) is 0 Å². The number of hydrogen-bond donors (Lipinski definition) is 0. The van der Waals surface area contributed by atoms with E-state index in [2.05, 4.69) is 6.92 Å². The molecule has 0 aromatic heterocycles. The fraction of sp³-hybridized carbons (Fsp3) is 0.714. The van der Waals surface area contributed by atoms with E-state index >= 15 is 0 Å². The lowest BCUT2D eigenvalue weighted by Crippen LogP contribution is -2.13. The van der Waals surface area contributed by atoms with Gasteiger partial charge in [0.1, 0.15) is 6.10 Å². The summed E-state index contributed by atoms with van der Waals surface area (Å²) >= 11 is 0. The maximum absolute atomic E-state index is 10.3. The number of rotatable bonds is 2. The van der Waals surface area contributed by atoms with Gasteiger partial charge in [-0.3, -0.25) is 4.79 Å². The van der Waals surface area contributed by atoms with Crippen molar-refractivity contribution in [2.24, 2.45) is 5.92 Å². The first-order valence-electron chi connectivity index (χ1n) is 3.22. The average Bonchev–Trinajstić information content (AvgIpc) is 2.40. The van der Waals surface area contributed by atoms with Crippen molar-refractivity contribution < 1.29 is 9.53 Å². The minimum atomic E-state index is -0.408. The van der Waals surface area contributed by atoms with Crippen molar-refractivity contribution in [2.75, 3.05) is 0 Å². The average molecular weight is 127 g/mol. The van der Waals surface area contributed by atoms with Gasteiger partial charge in [-0.05, 0) is 25.7 Å². The lowest BCUT2D eigenvalue weighted by molar-refractivity contribution is -0.143. The molecule has 1 aliphatic rings. The first kappa shape index (κ1) is 6.59. The molecule has 2 heteroatoms. The van der Waals surface area contributed by atoms with Gasteiger partial charge in [0.2, 0.25) is 0 Å². The van der Waals surface area contributed by atoms with Gasteiger partial charge in [-0.15, -0.1) is 0 Å². The minimum absolute atomic E-state index is 0.0926. The molecule has 2 nitrogen and oxygen atoms in total. The van der Waals surface area contributed by atoms with Crippen molar-refractivity contribution >= 4 is 5.97 Å². The molecule has 51 valence electrons. The fourth-order valence-corrected chi connectivity index (χ4v) is 0.869. The molecule has 1 aliphatic carbocycles. The van der Waals surface area contributed by atoms with Crippen LogP contribution in [0.4, 0.5) is 0 Å². The summed E-state index contributed by atoms with van der Waals surface area (Å²) in [5.41, 5.74) is 0. The number of ether oxygens (including phenoxy) is 1. The van der Waals surface area contributed by atoms with E-state index in [0.29, 0.717) is 5.92 Å². The molecule has 0 aromatic rings. The van der Waals surface area contributed by atoms with E-state index in [4.69, 9.17) is 4.74 Å². The van der Waals surface area contributed by atoms with Crippen LogP contribution < -0.4 is 0 Å². The van der Waals surface area contributed by atoms with Crippen LogP contribution in [0.2, 0.25) is 0 Å². The molecule has 1 rings (SSSR count). The van der Waals surface area contributed by atoms with E-state index < -0.39 is 5.97 Å². The SMILES string of the molecule is [CH2]C(=O)OC(C)C1CC1. The summed E-state index contributed by atoms with van der Waals surface area (Å²) < 4.78 is 4.82. The summed E-state index contributed by atoms with van der Waals surface area (Å²) in [5.74, 6) is 0.213. The molecule has 0 N–H and O–H groups in total. The highest BCUT2D eigenvalue weighted by Gasteiger charge is 2.29. The maximum atomic E-state index is 10.3. The summed E-state index contributed by atoms with van der Waals surface area (Å²) in [6.45, 7) is 5.04. The van der Waals surface area contributed by atoms with E-state index in [9.17, 15) is 4.79 Å². The molecular formula is C7H11O2. The van der Waals surface area contributed by atoms with Gasteiger partial charge < -0.3 is 4.74 Å². The second-order valence-corrected chi connectivity index (χ2v) is 2.53. The number of hydrogen-bond acceptors (Lipinski definition) is 2. The monoisotopic (exact) mass is 127 g/mol. The van der Waals surface area contributed by atoms with Crippen LogP contribution in [0.5, 0.6) is 0 Å². The molecule has 0 aromatic carbocycles. The Morgan fingerprint density at radius 3 is 2.67 bits per heavy atom. The molecule has 0 amide bonds. The Bertz CT molecular complexity index is 116. The van der Waals surface area contributed by atoms with Crippen LogP contribution in [0.1, 0.15) is 19.8 Å². The van der Waals surface area contributed by atoms with Crippen molar-refractivity contribution in [3.05, 3.63) is 6.92 Å².